The van der Waals surface area contributed by atoms with Crippen LogP contribution in [0.15, 0.2) is 51.7 Å². The Morgan fingerprint density at radius 3 is 2.52 bits per heavy atom. The molecule has 1 N–H and O–H groups in total. The fourth-order valence-electron chi connectivity index (χ4n) is 2.75. The van der Waals surface area contributed by atoms with Crippen molar-refractivity contribution in [2.75, 3.05) is 0 Å². The van der Waals surface area contributed by atoms with Gasteiger partial charge in [-0.3, -0.25) is 4.79 Å². The molecule has 0 saturated carbocycles. The smallest absolute Gasteiger partial charge is 0.349 e. The Labute approximate surface area is 168 Å². The van der Waals surface area contributed by atoms with Crippen molar-refractivity contribution in [3.63, 3.8) is 0 Å². The summed E-state index contributed by atoms with van der Waals surface area (Å²) in [6, 6.07) is 11.5. The van der Waals surface area contributed by atoms with Gasteiger partial charge in [-0.2, -0.15) is 0 Å². The number of hydrogen-bond donors (Lipinski definition) is 1. The number of rotatable bonds is 5. The van der Waals surface area contributed by atoms with Gasteiger partial charge in [0.05, 0.1) is 5.56 Å². The molecule has 1 unspecified atom stereocenters. The second-order valence-corrected chi connectivity index (χ2v) is 7.12. The van der Waals surface area contributed by atoms with Crippen molar-refractivity contribution in [2.45, 2.75) is 40.2 Å². The van der Waals surface area contributed by atoms with Crippen molar-refractivity contribution in [3.05, 3.63) is 75.1 Å². The predicted molar refractivity (Wildman–Crippen MR) is 111 cm³/mol. The van der Waals surface area contributed by atoms with E-state index in [1.165, 1.54) is 12.1 Å². The lowest BCUT2D eigenvalue weighted by molar-refractivity contribution is 0.0734. The standard InChI is InChI=1S/C23H23NO5/c1-5-15(4)24-21(25)19-11-16-8-9-18(12-20(16)29-23(19)27)28-22(26)17-7-6-13(2)14(3)10-17/h6-12,15H,5H2,1-4H3,(H,24,25). The van der Waals surface area contributed by atoms with Crippen LogP contribution in [0, 0.1) is 13.8 Å². The molecule has 0 aliphatic rings. The molecule has 1 aromatic heterocycles. The molecule has 6 heteroatoms. The van der Waals surface area contributed by atoms with Crippen molar-refractivity contribution < 1.29 is 18.7 Å². The number of carbonyl (C=O) groups is 2. The van der Waals surface area contributed by atoms with E-state index in [1.807, 2.05) is 33.8 Å². The molecular formula is C23H23NO5. The summed E-state index contributed by atoms with van der Waals surface area (Å²) in [6.07, 6.45) is 0.750. The van der Waals surface area contributed by atoms with E-state index in [0.717, 1.165) is 17.5 Å². The highest BCUT2D eigenvalue weighted by atomic mass is 16.5. The number of benzene rings is 2. The number of carbonyl (C=O) groups excluding carboxylic acids is 2. The molecule has 0 spiro atoms. The Morgan fingerprint density at radius 2 is 1.83 bits per heavy atom. The van der Waals surface area contributed by atoms with Crippen LogP contribution in [0.1, 0.15) is 52.1 Å². The molecule has 0 aliphatic carbocycles. The zero-order valence-electron chi connectivity index (χ0n) is 16.9. The molecule has 0 saturated heterocycles. The summed E-state index contributed by atoms with van der Waals surface area (Å²) in [5.74, 6) is -0.722. The van der Waals surface area contributed by atoms with E-state index in [1.54, 1.807) is 24.3 Å². The van der Waals surface area contributed by atoms with Gasteiger partial charge in [-0.25, -0.2) is 9.59 Å². The maximum absolute atomic E-state index is 12.4. The Bertz CT molecular complexity index is 1150. The van der Waals surface area contributed by atoms with Crippen LogP contribution in [-0.4, -0.2) is 17.9 Å². The highest BCUT2D eigenvalue weighted by Crippen LogP contribution is 2.22. The molecule has 1 atom stereocenters. The summed E-state index contributed by atoms with van der Waals surface area (Å²) in [7, 11) is 0. The summed E-state index contributed by atoms with van der Waals surface area (Å²) >= 11 is 0. The first-order chi connectivity index (χ1) is 13.8. The molecular weight excluding hydrogens is 370 g/mol. The number of fused-ring (bicyclic) bond motifs is 1. The van der Waals surface area contributed by atoms with Crippen LogP contribution in [0.4, 0.5) is 0 Å². The molecule has 29 heavy (non-hydrogen) atoms. The minimum Gasteiger partial charge on any atom is -0.423 e. The van der Waals surface area contributed by atoms with Gasteiger partial charge in [-0.1, -0.05) is 13.0 Å². The number of esters is 1. The molecule has 0 radical (unpaired) electrons. The third kappa shape index (κ3) is 4.54. The molecule has 0 bridgehead atoms. The van der Waals surface area contributed by atoms with E-state index in [4.69, 9.17) is 9.15 Å². The summed E-state index contributed by atoms with van der Waals surface area (Å²) in [5, 5.41) is 3.31. The lowest BCUT2D eigenvalue weighted by Gasteiger charge is -2.11. The number of aryl methyl sites for hydroxylation is 2. The van der Waals surface area contributed by atoms with E-state index >= 15 is 0 Å². The van der Waals surface area contributed by atoms with Gasteiger partial charge in [0.25, 0.3) is 5.91 Å². The lowest BCUT2D eigenvalue weighted by Crippen LogP contribution is -2.34. The van der Waals surface area contributed by atoms with Gasteiger partial charge >= 0.3 is 11.6 Å². The molecule has 2 aromatic carbocycles. The van der Waals surface area contributed by atoms with Gasteiger partial charge in [0.1, 0.15) is 16.9 Å². The van der Waals surface area contributed by atoms with Gasteiger partial charge in [0.2, 0.25) is 0 Å². The molecule has 0 fully saturated rings. The Hall–Kier alpha value is -3.41. The second kappa shape index (κ2) is 8.31. The van der Waals surface area contributed by atoms with Crippen molar-refractivity contribution in [3.8, 4) is 5.75 Å². The van der Waals surface area contributed by atoms with E-state index in [0.29, 0.717) is 10.9 Å². The van der Waals surface area contributed by atoms with Crippen molar-refractivity contribution >= 4 is 22.8 Å². The van der Waals surface area contributed by atoms with E-state index in [9.17, 15) is 14.4 Å². The van der Waals surface area contributed by atoms with Crippen LogP contribution >= 0.6 is 0 Å². The summed E-state index contributed by atoms with van der Waals surface area (Å²) < 4.78 is 10.7. The maximum atomic E-state index is 12.4. The van der Waals surface area contributed by atoms with Crippen molar-refractivity contribution in [2.24, 2.45) is 0 Å². The van der Waals surface area contributed by atoms with Crippen LogP contribution in [0.3, 0.4) is 0 Å². The average molecular weight is 393 g/mol. The molecule has 6 nitrogen and oxygen atoms in total. The van der Waals surface area contributed by atoms with Crippen molar-refractivity contribution in [1.82, 2.24) is 5.32 Å². The number of nitrogens with one attached hydrogen (secondary N) is 1. The Morgan fingerprint density at radius 1 is 1.07 bits per heavy atom. The van der Waals surface area contributed by atoms with E-state index in [2.05, 4.69) is 5.32 Å². The SMILES string of the molecule is CCC(C)NC(=O)c1cc2ccc(OC(=O)c3ccc(C)c(C)c3)cc2oc1=O. The molecule has 0 aliphatic heterocycles. The number of ether oxygens (including phenoxy) is 1. The highest BCUT2D eigenvalue weighted by Gasteiger charge is 2.16. The van der Waals surface area contributed by atoms with Crippen LogP contribution in [0.2, 0.25) is 0 Å². The first-order valence-electron chi connectivity index (χ1n) is 9.46. The van der Waals surface area contributed by atoms with Gasteiger partial charge in [-0.15, -0.1) is 0 Å². The third-order valence-electron chi connectivity index (χ3n) is 4.90. The Kier molecular flexibility index (Phi) is 5.82. The van der Waals surface area contributed by atoms with Crippen LogP contribution in [0.5, 0.6) is 5.75 Å². The van der Waals surface area contributed by atoms with E-state index in [-0.39, 0.29) is 22.9 Å². The molecule has 1 heterocycles. The van der Waals surface area contributed by atoms with E-state index < -0.39 is 17.5 Å². The van der Waals surface area contributed by atoms with Gasteiger partial charge in [0.15, 0.2) is 0 Å². The predicted octanol–water partition coefficient (Wildman–Crippen LogP) is 4.16. The van der Waals surface area contributed by atoms with Gasteiger partial charge < -0.3 is 14.5 Å². The van der Waals surface area contributed by atoms with Crippen LogP contribution < -0.4 is 15.7 Å². The summed E-state index contributed by atoms with van der Waals surface area (Å²) in [6.45, 7) is 7.68. The van der Waals surface area contributed by atoms with Crippen molar-refractivity contribution in [1.29, 1.82) is 0 Å². The monoisotopic (exact) mass is 393 g/mol. The fraction of sp³-hybridized carbons (Fsp3) is 0.261. The minimum absolute atomic E-state index is 0.0511. The Balaban J connectivity index is 1.85. The number of hydrogen-bond acceptors (Lipinski definition) is 5. The van der Waals surface area contributed by atoms with Gasteiger partial charge in [0, 0.05) is 17.5 Å². The third-order valence-corrected chi connectivity index (χ3v) is 4.90. The topological polar surface area (TPSA) is 85.6 Å². The average Bonchev–Trinajstić information content (AvgIpc) is 2.69. The summed E-state index contributed by atoms with van der Waals surface area (Å²) in [5.41, 5.74) is 1.95. The quantitative estimate of drug-likeness (QED) is 0.400. The normalized spacial score (nSPS) is 11.9. The zero-order valence-corrected chi connectivity index (χ0v) is 16.9. The summed E-state index contributed by atoms with van der Waals surface area (Å²) in [4.78, 5) is 36.9. The lowest BCUT2D eigenvalue weighted by atomic mass is 10.1. The van der Waals surface area contributed by atoms with Crippen LogP contribution in [-0.2, 0) is 0 Å². The first-order valence-corrected chi connectivity index (χ1v) is 9.46. The maximum Gasteiger partial charge on any atom is 0.349 e. The second-order valence-electron chi connectivity index (χ2n) is 7.12. The molecule has 150 valence electrons. The fourth-order valence-corrected chi connectivity index (χ4v) is 2.75. The zero-order chi connectivity index (χ0) is 21.1. The largest absolute Gasteiger partial charge is 0.423 e. The van der Waals surface area contributed by atoms with Gasteiger partial charge in [-0.05, 0) is 68.7 Å². The molecule has 3 rings (SSSR count). The molecule has 3 aromatic rings. The molecule has 1 amide bonds. The first kappa shape index (κ1) is 20.3. The highest BCUT2D eigenvalue weighted by molar-refractivity contribution is 5.97. The minimum atomic E-state index is -0.740. The van der Waals surface area contributed by atoms with Crippen LogP contribution in [0.25, 0.3) is 11.0 Å². The number of amides is 1.